The average Bonchev–Trinajstić information content (AvgIpc) is 2.78. The minimum atomic E-state index is -0.214. The van der Waals surface area contributed by atoms with Gasteiger partial charge < -0.3 is 15.2 Å². The fourth-order valence-corrected chi connectivity index (χ4v) is 1.59. The van der Waals surface area contributed by atoms with Gasteiger partial charge in [-0.05, 0) is 13.8 Å². The number of aromatic nitrogens is 2. The van der Waals surface area contributed by atoms with Crippen LogP contribution >= 0.6 is 0 Å². The lowest BCUT2D eigenvalue weighted by molar-refractivity contribution is -0.122. The minimum Gasteiger partial charge on any atom is -0.351 e. The first kappa shape index (κ1) is 13.4. The summed E-state index contributed by atoms with van der Waals surface area (Å²) in [5.74, 6) is -0.0117. The molecule has 2 unspecified atom stereocenters. The van der Waals surface area contributed by atoms with Gasteiger partial charge in [-0.3, -0.25) is 4.79 Å². The molecule has 0 aliphatic carbocycles. The van der Waals surface area contributed by atoms with Gasteiger partial charge in [-0.25, -0.2) is 4.98 Å². The number of nitrogens with zero attached hydrogens (tertiary/aromatic N) is 2. The van der Waals surface area contributed by atoms with Crippen molar-refractivity contribution < 1.29 is 4.79 Å². The van der Waals surface area contributed by atoms with E-state index in [1.54, 1.807) is 18.6 Å². The van der Waals surface area contributed by atoms with Gasteiger partial charge in [0.15, 0.2) is 0 Å². The van der Waals surface area contributed by atoms with Crippen LogP contribution in [0.1, 0.15) is 13.8 Å². The number of amides is 1. The Hall–Kier alpha value is -1.62. The van der Waals surface area contributed by atoms with E-state index >= 15 is 0 Å². The SMILES string of the molecule is C=CCNC(=O)C(C)NC(C)Cn1ccnc1. The van der Waals surface area contributed by atoms with Crippen LogP contribution in [0.3, 0.4) is 0 Å². The molecule has 1 heterocycles. The number of imidazole rings is 1. The largest absolute Gasteiger partial charge is 0.351 e. The maximum absolute atomic E-state index is 11.6. The minimum absolute atomic E-state index is 0.0117. The maximum Gasteiger partial charge on any atom is 0.237 e. The van der Waals surface area contributed by atoms with Crippen LogP contribution < -0.4 is 10.6 Å². The maximum atomic E-state index is 11.6. The van der Waals surface area contributed by atoms with Gasteiger partial charge in [-0.2, -0.15) is 0 Å². The van der Waals surface area contributed by atoms with Crippen molar-refractivity contribution >= 4 is 5.91 Å². The number of hydrogen-bond donors (Lipinski definition) is 2. The number of rotatable bonds is 7. The van der Waals surface area contributed by atoms with Crippen molar-refractivity contribution in [1.29, 1.82) is 0 Å². The van der Waals surface area contributed by atoms with Gasteiger partial charge in [0.2, 0.25) is 5.91 Å². The molecule has 0 aromatic carbocycles. The lowest BCUT2D eigenvalue weighted by atomic mass is 10.2. The van der Waals surface area contributed by atoms with Crippen LogP contribution in [0.4, 0.5) is 0 Å². The Bertz CT molecular complexity index is 347. The molecule has 1 aromatic heterocycles. The number of carbonyl (C=O) groups is 1. The fourth-order valence-electron chi connectivity index (χ4n) is 1.59. The molecule has 5 nitrogen and oxygen atoms in total. The zero-order valence-electron chi connectivity index (χ0n) is 10.4. The molecule has 0 aliphatic rings. The summed E-state index contributed by atoms with van der Waals surface area (Å²) in [4.78, 5) is 15.6. The van der Waals surface area contributed by atoms with Gasteiger partial charge in [0.1, 0.15) is 0 Å². The zero-order chi connectivity index (χ0) is 12.7. The van der Waals surface area contributed by atoms with E-state index < -0.39 is 0 Å². The van der Waals surface area contributed by atoms with Crippen molar-refractivity contribution in [1.82, 2.24) is 20.2 Å². The third kappa shape index (κ3) is 4.82. The summed E-state index contributed by atoms with van der Waals surface area (Å²) in [6, 6.07) is -0.0119. The third-order valence-electron chi connectivity index (χ3n) is 2.39. The molecule has 17 heavy (non-hydrogen) atoms. The highest BCUT2D eigenvalue weighted by Gasteiger charge is 2.14. The predicted octanol–water partition coefficient (Wildman–Crippen LogP) is 0.552. The highest BCUT2D eigenvalue weighted by Crippen LogP contribution is 1.94. The summed E-state index contributed by atoms with van der Waals surface area (Å²) < 4.78 is 1.98. The molecule has 0 spiro atoms. The van der Waals surface area contributed by atoms with Gasteiger partial charge in [0.05, 0.1) is 12.4 Å². The quantitative estimate of drug-likeness (QED) is 0.680. The van der Waals surface area contributed by atoms with E-state index in [0.29, 0.717) is 6.54 Å². The summed E-state index contributed by atoms with van der Waals surface area (Å²) in [5.41, 5.74) is 0. The van der Waals surface area contributed by atoms with Gasteiger partial charge in [0, 0.05) is 31.5 Å². The molecule has 0 radical (unpaired) electrons. The molecule has 0 saturated carbocycles. The second-order valence-corrected chi connectivity index (χ2v) is 4.08. The van der Waals surface area contributed by atoms with Crippen LogP contribution in [0.5, 0.6) is 0 Å². The molecule has 94 valence electrons. The molecule has 0 bridgehead atoms. The Morgan fingerprint density at radius 2 is 2.35 bits per heavy atom. The van der Waals surface area contributed by atoms with E-state index in [0.717, 1.165) is 6.54 Å². The van der Waals surface area contributed by atoms with Gasteiger partial charge in [0.25, 0.3) is 0 Å². The number of hydrogen-bond acceptors (Lipinski definition) is 3. The van der Waals surface area contributed by atoms with Crippen molar-refractivity contribution in [2.75, 3.05) is 6.54 Å². The van der Waals surface area contributed by atoms with Crippen LogP contribution in [0.25, 0.3) is 0 Å². The van der Waals surface area contributed by atoms with Crippen LogP contribution in [-0.2, 0) is 11.3 Å². The normalized spacial score (nSPS) is 14.0. The van der Waals surface area contributed by atoms with Crippen LogP contribution in [0.2, 0.25) is 0 Å². The second kappa shape index (κ2) is 6.85. The molecule has 0 aliphatic heterocycles. The number of carbonyl (C=O) groups excluding carboxylic acids is 1. The van der Waals surface area contributed by atoms with Crippen molar-refractivity contribution in [3.05, 3.63) is 31.4 Å². The zero-order valence-corrected chi connectivity index (χ0v) is 10.4. The van der Waals surface area contributed by atoms with E-state index in [4.69, 9.17) is 0 Å². The first-order valence-electron chi connectivity index (χ1n) is 5.74. The lowest BCUT2D eigenvalue weighted by Crippen LogP contribution is -2.46. The monoisotopic (exact) mass is 236 g/mol. The Morgan fingerprint density at radius 1 is 1.59 bits per heavy atom. The molecular weight excluding hydrogens is 216 g/mol. The summed E-state index contributed by atoms with van der Waals surface area (Å²) in [6.45, 7) is 8.74. The molecule has 1 amide bonds. The average molecular weight is 236 g/mol. The molecule has 5 heteroatoms. The standard InChI is InChI=1S/C12H20N4O/c1-4-5-14-12(17)11(3)15-10(2)8-16-7-6-13-9-16/h4,6-7,9-11,15H,1,5,8H2,2-3H3,(H,14,17). The van der Waals surface area contributed by atoms with E-state index in [1.807, 2.05) is 24.6 Å². The predicted molar refractivity (Wildman–Crippen MR) is 67.5 cm³/mol. The molecule has 2 atom stereocenters. The first-order valence-corrected chi connectivity index (χ1v) is 5.74. The second-order valence-electron chi connectivity index (χ2n) is 4.08. The Morgan fingerprint density at radius 3 is 2.94 bits per heavy atom. The smallest absolute Gasteiger partial charge is 0.237 e. The van der Waals surface area contributed by atoms with Gasteiger partial charge in [-0.1, -0.05) is 6.08 Å². The number of nitrogens with one attached hydrogen (secondary N) is 2. The van der Waals surface area contributed by atoms with Crippen LogP contribution in [0, 0.1) is 0 Å². The van der Waals surface area contributed by atoms with E-state index in [9.17, 15) is 4.79 Å². The summed E-state index contributed by atoms with van der Waals surface area (Å²) in [7, 11) is 0. The Labute approximate surface area is 102 Å². The molecule has 1 rings (SSSR count). The first-order chi connectivity index (χ1) is 8.13. The molecule has 2 N–H and O–H groups in total. The third-order valence-corrected chi connectivity index (χ3v) is 2.39. The van der Waals surface area contributed by atoms with Gasteiger partial charge >= 0.3 is 0 Å². The summed E-state index contributed by atoms with van der Waals surface area (Å²) in [5, 5.41) is 5.99. The van der Waals surface area contributed by atoms with Crippen molar-refractivity contribution in [3.8, 4) is 0 Å². The van der Waals surface area contributed by atoms with Crippen molar-refractivity contribution in [2.45, 2.75) is 32.5 Å². The molecule has 0 fully saturated rings. The molecular formula is C12H20N4O. The van der Waals surface area contributed by atoms with Crippen LogP contribution in [0.15, 0.2) is 31.4 Å². The highest BCUT2D eigenvalue weighted by atomic mass is 16.2. The molecule has 1 aromatic rings. The van der Waals surface area contributed by atoms with Gasteiger partial charge in [-0.15, -0.1) is 6.58 Å². The fraction of sp³-hybridized carbons (Fsp3) is 0.500. The van der Waals surface area contributed by atoms with Crippen molar-refractivity contribution in [3.63, 3.8) is 0 Å². The Balaban J connectivity index is 2.32. The topological polar surface area (TPSA) is 59.0 Å². The molecule has 0 saturated heterocycles. The summed E-state index contributed by atoms with van der Waals surface area (Å²) >= 11 is 0. The van der Waals surface area contributed by atoms with E-state index in [1.165, 1.54) is 0 Å². The Kier molecular flexibility index (Phi) is 5.42. The van der Waals surface area contributed by atoms with E-state index in [2.05, 4.69) is 22.2 Å². The highest BCUT2D eigenvalue weighted by molar-refractivity contribution is 5.81. The van der Waals surface area contributed by atoms with Crippen LogP contribution in [-0.4, -0.2) is 34.1 Å². The lowest BCUT2D eigenvalue weighted by Gasteiger charge is -2.19. The van der Waals surface area contributed by atoms with E-state index in [-0.39, 0.29) is 18.0 Å². The van der Waals surface area contributed by atoms with Crippen molar-refractivity contribution in [2.24, 2.45) is 0 Å². The summed E-state index contributed by atoms with van der Waals surface area (Å²) in [6.07, 6.45) is 7.08.